The number of rotatable bonds is 2. The van der Waals surface area contributed by atoms with E-state index in [1.165, 1.54) is 0 Å². The van der Waals surface area contributed by atoms with Gasteiger partial charge in [-0.15, -0.1) is 0 Å². The number of hydrogen-bond donors (Lipinski definition) is 1. The van der Waals surface area contributed by atoms with Gasteiger partial charge in [0.15, 0.2) is 0 Å². The molecular formula is C4H8BrNO2. The molecule has 0 aliphatic rings. The van der Waals surface area contributed by atoms with Crippen molar-refractivity contribution in [2.45, 2.75) is 13.0 Å². The minimum Gasteiger partial charge on any atom is -0.446 e. The monoisotopic (exact) mass is 181 g/mol. The largest absolute Gasteiger partial charge is 0.446 e. The second kappa shape index (κ2) is 3.72. The van der Waals surface area contributed by atoms with Gasteiger partial charge >= 0.3 is 6.09 Å². The van der Waals surface area contributed by atoms with Crippen LogP contribution >= 0.6 is 15.9 Å². The van der Waals surface area contributed by atoms with Gasteiger partial charge in [-0.05, 0) is 6.92 Å². The van der Waals surface area contributed by atoms with Crippen molar-refractivity contribution >= 4 is 22.0 Å². The number of carbonyl (C=O) groups is 1. The standard InChI is InChI=1S/C4H8BrNO2/c1-3(2-5)8-4(6)7/h3H,2H2,1H3,(H2,6,7)/t3-/m0/s1. The zero-order valence-corrected chi connectivity index (χ0v) is 6.14. The molecule has 0 spiro atoms. The molecule has 1 amide bonds. The smallest absolute Gasteiger partial charge is 0.404 e. The topological polar surface area (TPSA) is 52.3 Å². The molecule has 0 heterocycles. The number of hydrogen-bond acceptors (Lipinski definition) is 2. The van der Waals surface area contributed by atoms with Crippen LogP contribution in [-0.2, 0) is 4.74 Å². The zero-order chi connectivity index (χ0) is 6.57. The lowest BCUT2D eigenvalue weighted by molar-refractivity contribution is 0.128. The van der Waals surface area contributed by atoms with E-state index in [2.05, 4.69) is 26.4 Å². The van der Waals surface area contributed by atoms with E-state index < -0.39 is 6.09 Å². The van der Waals surface area contributed by atoms with E-state index in [4.69, 9.17) is 0 Å². The van der Waals surface area contributed by atoms with E-state index in [-0.39, 0.29) is 6.10 Å². The van der Waals surface area contributed by atoms with Crippen molar-refractivity contribution in [3.05, 3.63) is 0 Å². The summed E-state index contributed by atoms with van der Waals surface area (Å²) in [5.74, 6) is 0. The van der Waals surface area contributed by atoms with Gasteiger partial charge in [-0.3, -0.25) is 0 Å². The van der Waals surface area contributed by atoms with Crippen molar-refractivity contribution in [1.82, 2.24) is 0 Å². The fraction of sp³-hybridized carbons (Fsp3) is 0.750. The quantitative estimate of drug-likeness (QED) is 0.644. The highest BCUT2D eigenvalue weighted by Crippen LogP contribution is 1.93. The van der Waals surface area contributed by atoms with Crippen LogP contribution in [0, 0.1) is 0 Å². The molecule has 0 rings (SSSR count). The van der Waals surface area contributed by atoms with Crippen LogP contribution in [0.3, 0.4) is 0 Å². The van der Waals surface area contributed by atoms with Gasteiger partial charge in [-0.25, -0.2) is 4.79 Å². The minimum absolute atomic E-state index is 0.132. The Hall–Kier alpha value is -0.250. The van der Waals surface area contributed by atoms with Crippen molar-refractivity contribution in [2.24, 2.45) is 5.73 Å². The fourth-order valence-corrected chi connectivity index (χ4v) is 0.362. The minimum atomic E-state index is -0.725. The van der Waals surface area contributed by atoms with Crippen molar-refractivity contribution in [1.29, 1.82) is 0 Å². The molecular weight excluding hydrogens is 174 g/mol. The van der Waals surface area contributed by atoms with Gasteiger partial charge in [0.2, 0.25) is 0 Å². The van der Waals surface area contributed by atoms with Crippen LogP contribution in [-0.4, -0.2) is 17.5 Å². The molecule has 0 unspecified atom stereocenters. The summed E-state index contributed by atoms with van der Waals surface area (Å²) in [7, 11) is 0. The van der Waals surface area contributed by atoms with Crippen molar-refractivity contribution in [3.63, 3.8) is 0 Å². The van der Waals surface area contributed by atoms with E-state index in [0.29, 0.717) is 5.33 Å². The SMILES string of the molecule is C[C@@H](CBr)OC(N)=O. The first-order chi connectivity index (χ1) is 3.66. The maximum absolute atomic E-state index is 9.95. The predicted octanol–water partition coefficient (Wildman–Crippen LogP) is 0.865. The molecule has 0 aliphatic carbocycles. The van der Waals surface area contributed by atoms with Crippen LogP contribution in [0.4, 0.5) is 4.79 Å². The van der Waals surface area contributed by atoms with Gasteiger partial charge < -0.3 is 10.5 Å². The lowest BCUT2D eigenvalue weighted by atomic mass is 10.5. The second-order valence-corrected chi connectivity index (χ2v) is 2.05. The van der Waals surface area contributed by atoms with E-state index in [1.54, 1.807) is 6.92 Å². The number of carbonyl (C=O) groups excluding carboxylic acids is 1. The van der Waals surface area contributed by atoms with Crippen LogP contribution in [0.5, 0.6) is 0 Å². The van der Waals surface area contributed by atoms with E-state index in [0.717, 1.165) is 0 Å². The Bertz CT molecular complexity index is 86.1. The van der Waals surface area contributed by atoms with E-state index in [1.807, 2.05) is 0 Å². The van der Waals surface area contributed by atoms with Crippen LogP contribution in [0.2, 0.25) is 0 Å². The lowest BCUT2D eigenvalue weighted by Crippen LogP contribution is -2.20. The molecule has 0 aliphatic heterocycles. The molecule has 0 aromatic carbocycles. The van der Waals surface area contributed by atoms with Gasteiger partial charge in [0.05, 0.1) is 0 Å². The highest BCUT2D eigenvalue weighted by molar-refractivity contribution is 9.09. The van der Waals surface area contributed by atoms with Crippen molar-refractivity contribution in [2.75, 3.05) is 5.33 Å². The zero-order valence-electron chi connectivity index (χ0n) is 4.56. The summed E-state index contributed by atoms with van der Waals surface area (Å²) in [4.78, 5) is 9.95. The van der Waals surface area contributed by atoms with Gasteiger partial charge in [-0.1, -0.05) is 15.9 Å². The number of amides is 1. The summed E-state index contributed by atoms with van der Waals surface area (Å²) in [6, 6.07) is 0. The Kier molecular flexibility index (Phi) is 3.60. The molecule has 0 aromatic heterocycles. The number of alkyl halides is 1. The predicted molar refractivity (Wildman–Crippen MR) is 33.9 cm³/mol. The maximum Gasteiger partial charge on any atom is 0.404 e. The Labute approximate surface area is 56.3 Å². The van der Waals surface area contributed by atoms with Crippen LogP contribution in [0.15, 0.2) is 0 Å². The molecule has 0 bridgehead atoms. The number of halogens is 1. The first kappa shape index (κ1) is 7.75. The highest BCUT2D eigenvalue weighted by Gasteiger charge is 2.00. The molecule has 0 fully saturated rings. The summed E-state index contributed by atoms with van der Waals surface area (Å²) in [6.45, 7) is 1.75. The summed E-state index contributed by atoms with van der Waals surface area (Å²) in [5, 5.41) is 0.621. The van der Waals surface area contributed by atoms with Gasteiger partial charge in [0.1, 0.15) is 6.10 Å². The lowest BCUT2D eigenvalue weighted by Gasteiger charge is -2.05. The Morgan fingerprint density at radius 1 is 2.00 bits per heavy atom. The summed E-state index contributed by atoms with van der Waals surface area (Å²) in [5.41, 5.74) is 4.69. The summed E-state index contributed by atoms with van der Waals surface area (Å²) in [6.07, 6.45) is -0.857. The number of nitrogens with two attached hydrogens (primary N) is 1. The third-order valence-corrected chi connectivity index (χ3v) is 1.45. The molecule has 2 N–H and O–H groups in total. The molecule has 0 saturated carbocycles. The molecule has 48 valence electrons. The first-order valence-electron chi connectivity index (χ1n) is 2.19. The van der Waals surface area contributed by atoms with Crippen molar-refractivity contribution < 1.29 is 9.53 Å². The molecule has 8 heavy (non-hydrogen) atoms. The Morgan fingerprint density at radius 2 is 2.50 bits per heavy atom. The van der Waals surface area contributed by atoms with E-state index in [9.17, 15) is 4.79 Å². The normalized spacial score (nSPS) is 12.8. The van der Waals surface area contributed by atoms with Crippen LogP contribution in [0.25, 0.3) is 0 Å². The first-order valence-corrected chi connectivity index (χ1v) is 3.31. The maximum atomic E-state index is 9.95. The average molecular weight is 182 g/mol. The van der Waals surface area contributed by atoms with Gasteiger partial charge in [0, 0.05) is 5.33 Å². The van der Waals surface area contributed by atoms with Crippen molar-refractivity contribution in [3.8, 4) is 0 Å². The summed E-state index contributed by atoms with van der Waals surface area (Å²) < 4.78 is 4.49. The second-order valence-electron chi connectivity index (χ2n) is 1.40. The van der Waals surface area contributed by atoms with Crippen LogP contribution in [0.1, 0.15) is 6.92 Å². The fourth-order valence-electron chi connectivity index (χ4n) is 0.230. The molecule has 0 saturated heterocycles. The van der Waals surface area contributed by atoms with Crippen LogP contribution < -0.4 is 5.73 Å². The molecule has 0 aromatic rings. The third kappa shape index (κ3) is 3.92. The number of ether oxygens (including phenoxy) is 1. The molecule has 0 radical (unpaired) electrons. The Morgan fingerprint density at radius 3 is 2.62 bits per heavy atom. The molecule has 4 heteroatoms. The van der Waals surface area contributed by atoms with E-state index >= 15 is 0 Å². The molecule has 3 nitrogen and oxygen atoms in total. The number of primary amides is 1. The third-order valence-electron chi connectivity index (χ3n) is 0.535. The van der Waals surface area contributed by atoms with Gasteiger partial charge in [0.25, 0.3) is 0 Å². The van der Waals surface area contributed by atoms with Gasteiger partial charge in [-0.2, -0.15) is 0 Å². The molecule has 1 atom stereocenters. The average Bonchev–Trinajstić information content (AvgIpc) is 1.65. The Balaban J connectivity index is 3.24. The summed E-state index contributed by atoms with van der Waals surface area (Å²) >= 11 is 3.11. The highest BCUT2D eigenvalue weighted by atomic mass is 79.9.